The lowest BCUT2D eigenvalue weighted by molar-refractivity contribution is -0.133. The first-order chi connectivity index (χ1) is 6.66. The van der Waals surface area contributed by atoms with E-state index in [0.29, 0.717) is 8.96 Å². The van der Waals surface area contributed by atoms with Gasteiger partial charge in [-0.05, 0) is 37.4 Å². The van der Waals surface area contributed by atoms with E-state index in [2.05, 4.69) is 36.6 Å². The van der Waals surface area contributed by atoms with Gasteiger partial charge in [0.15, 0.2) is 0 Å². The summed E-state index contributed by atoms with van der Waals surface area (Å²) in [5, 5.41) is 0. The van der Waals surface area contributed by atoms with E-state index in [1.54, 1.807) is 0 Å². The summed E-state index contributed by atoms with van der Waals surface area (Å²) in [5.41, 5.74) is 1.29. The highest BCUT2D eigenvalue weighted by molar-refractivity contribution is 9.28. The molecule has 4 heteroatoms. The zero-order valence-electron chi connectivity index (χ0n) is 7.46. The number of hydrogen-bond acceptors (Lipinski definition) is 2. The lowest BCUT2D eigenvalue weighted by Crippen LogP contribution is -2.04. The summed E-state index contributed by atoms with van der Waals surface area (Å²) in [7, 11) is 1.36. The zero-order valence-corrected chi connectivity index (χ0v) is 10.6. The van der Waals surface area contributed by atoms with Gasteiger partial charge < -0.3 is 4.74 Å². The topological polar surface area (TPSA) is 26.3 Å². The molecule has 1 rings (SSSR count). The van der Waals surface area contributed by atoms with Crippen LogP contribution in [0.4, 0.5) is 0 Å². The molecule has 0 saturated carbocycles. The fourth-order valence-electron chi connectivity index (χ4n) is 1.01. The lowest BCUT2D eigenvalue weighted by Gasteiger charge is -2.05. The van der Waals surface area contributed by atoms with Gasteiger partial charge >= 0.3 is 5.97 Å². The molecule has 1 aromatic rings. The van der Waals surface area contributed by atoms with Crippen LogP contribution in [0.5, 0.6) is 0 Å². The Hall–Kier alpha value is -0.610. The predicted molar refractivity (Wildman–Crippen MR) is 63.2 cm³/mol. The number of benzene rings is 1. The van der Waals surface area contributed by atoms with E-state index in [-0.39, 0.29) is 5.97 Å². The van der Waals surface area contributed by atoms with Crippen molar-refractivity contribution in [2.75, 3.05) is 7.11 Å². The van der Waals surface area contributed by atoms with E-state index < -0.39 is 0 Å². The van der Waals surface area contributed by atoms with Gasteiger partial charge in [-0.3, -0.25) is 0 Å². The molecule has 0 aliphatic carbocycles. The predicted octanol–water partition coefficient (Wildman–Crippen LogP) is 3.32. The monoisotopic (exact) mass is 318 g/mol. The highest BCUT2D eigenvalue weighted by Gasteiger charge is 2.14. The third-order valence-corrected chi connectivity index (χ3v) is 2.43. The Bertz CT molecular complexity index is 354. The Labute approximate surface area is 99.2 Å². The Morgan fingerprint density at radius 2 is 1.79 bits per heavy atom. The van der Waals surface area contributed by atoms with E-state index in [1.807, 2.05) is 30.3 Å². The first kappa shape index (κ1) is 11.5. The minimum Gasteiger partial charge on any atom is -0.465 e. The van der Waals surface area contributed by atoms with Crippen LogP contribution < -0.4 is 0 Å². The maximum atomic E-state index is 11.4. The molecule has 0 aromatic heterocycles. The van der Waals surface area contributed by atoms with E-state index in [4.69, 9.17) is 0 Å². The molecule has 0 atom stereocenters. The van der Waals surface area contributed by atoms with Crippen LogP contribution in [0.25, 0.3) is 5.57 Å². The summed E-state index contributed by atoms with van der Waals surface area (Å²) >= 11 is 6.43. The van der Waals surface area contributed by atoms with Crippen LogP contribution in [0.15, 0.2) is 33.7 Å². The average molecular weight is 320 g/mol. The molecule has 0 saturated heterocycles. The van der Waals surface area contributed by atoms with Gasteiger partial charge in [-0.25, -0.2) is 4.79 Å². The number of esters is 1. The number of hydrogen-bond donors (Lipinski definition) is 0. The molecule has 1 aromatic carbocycles. The minimum absolute atomic E-state index is 0.375. The molecule has 74 valence electrons. The Balaban J connectivity index is 3.16. The highest BCUT2D eigenvalue weighted by Crippen LogP contribution is 2.28. The second-order valence-electron chi connectivity index (χ2n) is 2.49. The van der Waals surface area contributed by atoms with E-state index in [9.17, 15) is 4.79 Å². The quantitative estimate of drug-likeness (QED) is 0.617. The molecule has 0 fully saturated rings. The van der Waals surface area contributed by atoms with Crippen LogP contribution in [0, 0.1) is 0 Å². The van der Waals surface area contributed by atoms with E-state index in [0.717, 1.165) is 5.56 Å². The average Bonchev–Trinajstić information content (AvgIpc) is 2.19. The molecule has 2 nitrogen and oxygen atoms in total. The van der Waals surface area contributed by atoms with Gasteiger partial charge in [-0.2, -0.15) is 0 Å². The van der Waals surface area contributed by atoms with Gasteiger partial charge in [-0.15, -0.1) is 0 Å². The third-order valence-electron chi connectivity index (χ3n) is 1.64. The lowest BCUT2D eigenvalue weighted by atomic mass is 10.1. The maximum Gasteiger partial charge on any atom is 0.340 e. The largest absolute Gasteiger partial charge is 0.465 e. The Morgan fingerprint density at radius 3 is 2.21 bits per heavy atom. The van der Waals surface area contributed by atoms with Gasteiger partial charge in [-0.1, -0.05) is 30.3 Å². The molecule has 0 unspecified atom stereocenters. The van der Waals surface area contributed by atoms with Gasteiger partial charge in [0.05, 0.1) is 16.1 Å². The van der Waals surface area contributed by atoms with E-state index in [1.165, 1.54) is 7.11 Å². The summed E-state index contributed by atoms with van der Waals surface area (Å²) in [4.78, 5) is 11.4. The number of carbonyl (C=O) groups excluding carboxylic acids is 1. The van der Waals surface area contributed by atoms with Gasteiger partial charge in [0.1, 0.15) is 0 Å². The van der Waals surface area contributed by atoms with Gasteiger partial charge in [0, 0.05) is 0 Å². The fourth-order valence-corrected chi connectivity index (χ4v) is 1.79. The summed E-state index contributed by atoms with van der Waals surface area (Å²) in [6, 6.07) is 9.30. The van der Waals surface area contributed by atoms with Gasteiger partial charge in [0.2, 0.25) is 0 Å². The van der Waals surface area contributed by atoms with Crippen molar-refractivity contribution in [3.63, 3.8) is 0 Å². The van der Waals surface area contributed by atoms with Crippen molar-refractivity contribution in [1.29, 1.82) is 0 Å². The molecule has 0 heterocycles. The molecule has 0 N–H and O–H groups in total. The minimum atomic E-state index is -0.375. The molecular formula is C10H8Br2O2. The Morgan fingerprint density at radius 1 is 1.21 bits per heavy atom. The molecule has 0 bridgehead atoms. The fraction of sp³-hybridized carbons (Fsp3) is 0.100. The number of halogens is 2. The summed E-state index contributed by atoms with van der Waals surface area (Å²) in [5.74, 6) is -0.375. The first-order valence-corrected chi connectivity index (χ1v) is 5.44. The number of rotatable bonds is 2. The van der Waals surface area contributed by atoms with Crippen LogP contribution in [0.1, 0.15) is 5.56 Å². The van der Waals surface area contributed by atoms with Crippen LogP contribution >= 0.6 is 31.9 Å². The molecule has 14 heavy (non-hydrogen) atoms. The van der Waals surface area contributed by atoms with Crippen LogP contribution in [-0.4, -0.2) is 13.1 Å². The smallest absolute Gasteiger partial charge is 0.340 e. The number of carbonyl (C=O) groups is 1. The van der Waals surface area contributed by atoms with E-state index >= 15 is 0 Å². The summed E-state index contributed by atoms with van der Waals surface area (Å²) in [6.45, 7) is 0. The van der Waals surface area contributed by atoms with Crippen molar-refractivity contribution >= 4 is 43.4 Å². The molecule has 0 radical (unpaired) electrons. The van der Waals surface area contributed by atoms with Crippen molar-refractivity contribution < 1.29 is 9.53 Å². The first-order valence-electron chi connectivity index (χ1n) is 3.86. The number of methoxy groups -OCH3 is 1. The second kappa shape index (κ2) is 5.32. The Kier molecular flexibility index (Phi) is 4.35. The van der Waals surface area contributed by atoms with Crippen LogP contribution in [0.2, 0.25) is 0 Å². The SMILES string of the molecule is COC(=O)C(=C(Br)Br)c1ccccc1. The van der Waals surface area contributed by atoms with Crippen molar-refractivity contribution in [1.82, 2.24) is 0 Å². The second-order valence-corrected chi connectivity index (χ2v) is 5.14. The van der Waals surface area contributed by atoms with Crippen molar-refractivity contribution in [2.45, 2.75) is 0 Å². The maximum absolute atomic E-state index is 11.4. The van der Waals surface area contributed by atoms with Crippen molar-refractivity contribution in [3.05, 3.63) is 39.3 Å². The number of ether oxygens (including phenoxy) is 1. The molecule has 0 aliphatic rings. The zero-order chi connectivity index (χ0) is 10.6. The standard InChI is InChI=1S/C10H8Br2O2/c1-14-10(13)8(9(11)12)7-5-3-2-4-6-7/h2-6H,1H3. The third kappa shape index (κ3) is 2.69. The molecule has 0 amide bonds. The summed E-state index contributed by atoms with van der Waals surface area (Å²) < 4.78 is 5.26. The highest BCUT2D eigenvalue weighted by atomic mass is 79.9. The van der Waals surface area contributed by atoms with Gasteiger partial charge in [0.25, 0.3) is 0 Å². The van der Waals surface area contributed by atoms with Crippen molar-refractivity contribution in [2.24, 2.45) is 0 Å². The van der Waals surface area contributed by atoms with Crippen molar-refractivity contribution in [3.8, 4) is 0 Å². The molecule has 0 spiro atoms. The normalized spacial score (nSPS) is 9.36. The van der Waals surface area contributed by atoms with Crippen LogP contribution in [0.3, 0.4) is 0 Å². The molecular weight excluding hydrogens is 312 g/mol. The molecule has 0 aliphatic heterocycles. The van der Waals surface area contributed by atoms with Crippen LogP contribution in [-0.2, 0) is 9.53 Å². The summed E-state index contributed by atoms with van der Waals surface area (Å²) in [6.07, 6.45) is 0.